The third kappa shape index (κ3) is 5.05. The molecule has 0 nitrogen and oxygen atoms in total. The van der Waals surface area contributed by atoms with E-state index in [0.29, 0.717) is 0 Å². The van der Waals surface area contributed by atoms with E-state index in [1.165, 1.54) is 141 Å². The molecule has 0 aliphatic carbocycles. The summed E-state index contributed by atoms with van der Waals surface area (Å²) in [4.78, 5) is 0. The summed E-state index contributed by atoms with van der Waals surface area (Å²) in [5.41, 5.74) is 7.63. The predicted molar refractivity (Wildman–Crippen MR) is 278 cm³/mol. The molecule has 0 spiro atoms. The Balaban J connectivity index is 1.07. The normalized spacial score (nSPS) is 12.1. The quantitative estimate of drug-likeness (QED) is 0.123. The van der Waals surface area contributed by atoms with Crippen molar-refractivity contribution in [3.8, 4) is 33.4 Å². The Morgan fingerprint density at radius 1 is 0.141 bits per heavy atom. The third-order valence-corrected chi connectivity index (χ3v) is 14.1. The molecule has 14 aromatic rings. The number of hydrogen-bond acceptors (Lipinski definition) is 0. The van der Waals surface area contributed by atoms with Crippen LogP contribution in [-0.2, 0) is 0 Å². The summed E-state index contributed by atoms with van der Waals surface area (Å²) >= 11 is 0. The lowest BCUT2D eigenvalue weighted by atomic mass is 9.80. The van der Waals surface area contributed by atoms with E-state index in [4.69, 9.17) is 0 Å². The second-order valence-corrected chi connectivity index (χ2v) is 17.5. The standard InChI is InChI=1S/C64H38/c1-3-17-41-37-59-43(35-39(41)15-1)31-33-47-45(59)27-13-29-49(47)61-51-19-5-9-23-55(51)63(56-24-10-6-20-52(56)61)64-57-25-11-7-21-53(57)62(54-22-8-12-26-58(54)64)50-30-14-28-46-48(50)34-32-44-36-40-16-2-4-18-42(40)38-60(44)46/h1-38H. The molecule has 0 radical (unpaired) electrons. The van der Waals surface area contributed by atoms with Crippen molar-refractivity contribution in [1.82, 2.24) is 0 Å². The van der Waals surface area contributed by atoms with E-state index in [2.05, 4.69) is 231 Å². The van der Waals surface area contributed by atoms with Crippen LogP contribution >= 0.6 is 0 Å². The Morgan fingerprint density at radius 2 is 0.422 bits per heavy atom. The van der Waals surface area contributed by atoms with Gasteiger partial charge in [-0.3, -0.25) is 0 Å². The molecule has 294 valence electrons. The monoisotopic (exact) mass is 806 g/mol. The van der Waals surface area contributed by atoms with Crippen LogP contribution in [0.25, 0.3) is 141 Å². The van der Waals surface area contributed by atoms with E-state index in [-0.39, 0.29) is 0 Å². The summed E-state index contributed by atoms with van der Waals surface area (Å²) in [7, 11) is 0. The van der Waals surface area contributed by atoms with Crippen molar-refractivity contribution in [2.75, 3.05) is 0 Å². The van der Waals surface area contributed by atoms with Crippen molar-refractivity contribution in [2.45, 2.75) is 0 Å². The summed E-state index contributed by atoms with van der Waals surface area (Å²) in [6.45, 7) is 0. The van der Waals surface area contributed by atoms with Gasteiger partial charge in [0.2, 0.25) is 0 Å². The highest BCUT2D eigenvalue weighted by Crippen LogP contribution is 2.51. The van der Waals surface area contributed by atoms with Gasteiger partial charge in [-0.15, -0.1) is 0 Å². The van der Waals surface area contributed by atoms with Gasteiger partial charge in [0.05, 0.1) is 0 Å². The first-order valence-electron chi connectivity index (χ1n) is 22.3. The number of hydrogen-bond donors (Lipinski definition) is 0. The molecule has 0 N–H and O–H groups in total. The smallest absolute Gasteiger partial charge is 0.00139 e. The Labute approximate surface area is 369 Å². The van der Waals surface area contributed by atoms with Crippen LogP contribution in [0.4, 0.5) is 0 Å². The summed E-state index contributed by atoms with van der Waals surface area (Å²) in [5.74, 6) is 0. The van der Waals surface area contributed by atoms with E-state index >= 15 is 0 Å². The Kier molecular flexibility index (Phi) is 7.49. The highest BCUT2D eigenvalue weighted by atomic mass is 14.3. The van der Waals surface area contributed by atoms with Crippen LogP contribution in [0, 0.1) is 0 Å². The molecule has 14 rings (SSSR count). The summed E-state index contributed by atoms with van der Waals surface area (Å²) in [6, 6.07) is 86.4. The van der Waals surface area contributed by atoms with Crippen LogP contribution in [0.2, 0.25) is 0 Å². The fourth-order valence-corrected chi connectivity index (χ4v) is 11.4. The van der Waals surface area contributed by atoms with Crippen LogP contribution in [-0.4, -0.2) is 0 Å². The van der Waals surface area contributed by atoms with Gasteiger partial charge in [-0.2, -0.15) is 0 Å². The van der Waals surface area contributed by atoms with Crippen LogP contribution in [0.5, 0.6) is 0 Å². The lowest BCUT2D eigenvalue weighted by Crippen LogP contribution is -1.95. The van der Waals surface area contributed by atoms with Gasteiger partial charge in [0.1, 0.15) is 0 Å². The van der Waals surface area contributed by atoms with Crippen molar-refractivity contribution in [2.24, 2.45) is 0 Å². The lowest BCUT2D eigenvalue weighted by molar-refractivity contribution is 1.69. The summed E-state index contributed by atoms with van der Waals surface area (Å²) in [5, 5.41) is 25.3. The average Bonchev–Trinajstić information content (AvgIpc) is 3.36. The van der Waals surface area contributed by atoms with Gasteiger partial charge in [0.15, 0.2) is 0 Å². The zero-order chi connectivity index (χ0) is 41.9. The molecule has 0 aliphatic heterocycles. The lowest BCUT2D eigenvalue weighted by Gasteiger charge is -2.23. The second-order valence-electron chi connectivity index (χ2n) is 17.5. The molecule has 0 unspecified atom stereocenters. The Morgan fingerprint density at radius 3 is 0.766 bits per heavy atom. The topological polar surface area (TPSA) is 0 Å². The van der Waals surface area contributed by atoms with Gasteiger partial charge in [-0.1, -0.05) is 206 Å². The van der Waals surface area contributed by atoms with E-state index in [1.807, 2.05) is 0 Å². The number of rotatable bonds is 3. The Bertz CT molecular complexity index is 3910. The molecule has 0 heterocycles. The van der Waals surface area contributed by atoms with Crippen LogP contribution in [0.3, 0.4) is 0 Å². The maximum absolute atomic E-state index is 2.37. The van der Waals surface area contributed by atoms with Gasteiger partial charge < -0.3 is 0 Å². The molecule has 0 amide bonds. The van der Waals surface area contributed by atoms with Crippen LogP contribution < -0.4 is 0 Å². The molecule has 0 bridgehead atoms. The van der Waals surface area contributed by atoms with E-state index < -0.39 is 0 Å². The maximum Gasteiger partial charge on any atom is -0.00139 e. The maximum atomic E-state index is 2.37. The van der Waals surface area contributed by atoms with Gasteiger partial charge in [-0.05, 0) is 165 Å². The molecule has 0 saturated heterocycles. The van der Waals surface area contributed by atoms with Crippen LogP contribution in [0.1, 0.15) is 0 Å². The minimum absolute atomic E-state index is 1.26. The third-order valence-electron chi connectivity index (χ3n) is 14.1. The Hall–Kier alpha value is -8.32. The predicted octanol–water partition coefficient (Wildman–Crippen LogP) is 18.2. The van der Waals surface area contributed by atoms with Gasteiger partial charge in [0, 0.05) is 0 Å². The number of fused-ring (bicyclic) bond motifs is 12. The molecule has 0 heteroatoms. The molecule has 0 saturated carbocycles. The van der Waals surface area contributed by atoms with Crippen molar-refractivity contribution in [3.05, 3.63) is 231 Å². The first-order valence-corrected chi connectivity index (χ1v) is 22.3. The highest BCUT2D eigenvalue weighted by molar-refractivity contribution is 6.32. The molecule has 0 aromatic heterocycles. The molecule has 14 aromatic carbocycles. The summed E-state index contributed by atoms with van der Waals surface area (Å²) < 4.78 is 0. The first kappa shape index (κ1) is 35.3. The molecule has 0 fully saturated rings. The SMILES string of the molecule is c1ccc2cc3c(ccc4c(-c5c6ccccc6c(-c6c7ccccc7c(-c7cccc8c7ccc7cc9ccccc9cc78)c7ccccc67)c6ccccc56)cccc43)cc2c1. The van der Waals surface area contributed by atoms with Crippen molar-refractivity contribution in [1.29, 1.82) is 0 Å². The fourth-order valence-electron chi connectivity index (χ4n) is 11.4. The van der Waals surface area contributed by atoms with Crippen LogP contribution in [0.15, 0.2) is 231 Å². The second kappa shape index (κ2) is 13.6. The molecule has 64 heavy (non-hydrogen) atoms. The summed E-state index contributed by atoms with van der Waals surface area (Å²) in [6.07, 6.45) is 0. The zero-order valence-corrected chi connectivity index (χ0v) is 34.9. The van der Waals surface area contributed by atoms with Gasteiger partial charge in [-0.25, -0.2) is 0 Å². The molecular weight excluding hydrogens is 769 g/mol. The largest absolute Gasteiger partial charge is 0.0616 e. The van der Waals surface area contributed by atoms with E-state index in [1.54, 1.807) is 0 Å². The molecular formula is C64H38. The van der Waals surface area contributed by atoms with Gasteiger partial charge in [0.25, 0.3) is 0 Å². The minimum atomic E-state index is 1.26. The molecule has 0 atom stereocenters. The van der Waals surface area contributed by atoms with E-state index in [9.17, 15) is 0 Å². The highest BCUT2D eigenvalue weighted by Gasteiger charge is 2.24. The zero-order valence-electron chi connectivity index (χ0n) is 34.9. The average molecular weight is 807 g/mol. The molecule has 0 aliphatic rings. The fraction of sp³-hybridized carbons (Fsp3) is 0. The number of benzene rings is 14. The van der Waals surface area contributed by atoms with Gasteiger partial charge >= 0.3 is 0 Å². The minimum Gasteiger partial charge on any atom is -0.0616 e. The first-order chi connectivity index (χ1) is 31.8. The van der Waals surface area contributed by atoms with Crippen molar-refractivity contribution >= 4 is 108 Å². The van der Waals surface area contributed by atoms with Crippen molar-refractivity contribution in [3.63, 3.8) is 0 Å². The van der Waals surface area contributed by atoms with Crippen molar-refractivity contribution < 1.29 is 0 Å². The van der Waals surface area contributed by atoms with E-state index in [0.717, 1.165) is 0 Å².